The van der Waals surface area contributed by atoms with Crippen molar-refractivity contribution in [1.82, 2.24) is 10.2 Å². The standard InChI is InChI=1S/C15H20N2O3/c1-16-14(18)12-8-9-17(10-12)13(15(19)20-2)11-6-4-3-5-7-11/h3-7,12-13H,8-10H2,1-2H3,(H,16,18)/t12?,13-/m1/s1. The van der Waals surface area contributed by atoms with Gasteiger partial charge in [0.15, 0.2) is 0 Å². The van der Waals surface area contributed by atoms with E-state index in [4.69, 9.17) is 4.74 Å². The molecule has 1 fully saturated rings. The number of nitrogens with zero attached hydrogens (tertiary/aromatic N) is 1. The molecule has 5 nitrogen and oxygen atoms in total. The minimum atomic E-state index is -0.434. The molecule has 108 valence electrons. The smallest absolute Gasteiger partial charge is 0.327 e. The van der Waals surface area contributed by atoms with Crippen LogP contribution >= 0.6 is 0 Å². The van der Waals surface area contributed by atoms with E-state index in [2.05, 4.69) is 5.32 Å². The van der Waals surface area contributed by atoms with Crippen molar-refractivity contribution in [2.75, 3.05) is 27.2 Å². The Hall–Kier alpha value is -1.88. The van der Waals surface area contributed by atoms with E-state index in [0.29, 0.717) is 13.1 Å². The quantitative estimate of drug-likeness (QED) is 0.833. The van der Waals surface area contributed by atoms with Crippen molar-refractivity contribution >= 4 is 11.9 Å². The van der Waals surface area contributed by atoms with Gasteiger partial charge in [-0.1, -0.05) is 30.3 Å². The number of nitrogens with one attached hydrogen (secondary N) is 1. The first kappa shape index (κ1) is 14.5. The summed E-state index contributed by atoms with van der Waals surface area (Å²) in [6, 6.07) is 9.10. The molecule has 20 heavy (non-hydrogen) atoms. The van der Waals surface area contributed by atoms with Crippen molar-refractivity contribution in [1.29, 1.82) is 0 Å². The third-order valence-corrected chi connectivity index (χ3v) is 3.74. The Kier molecular flexibility index (Phi) is 4.74. The van der Waals surface area contributed by atoms with Crippen molar-refractivity contribution < 1.29 is 14.3 Å². The van der Waals surface area contributed by atoms with Gasteiger partial charge in [0.25, 0.3) is 0 Å². The normalized spacial score (nSPS) is 20.4. The van der Waals surface area contributed by atoms with Gasteiger partial charge in [-0.25, -0.2) is 4.79 Å². The maximum atomic E-state index is 12.1. The van der Waals surface area contributed by atoms with Crippen molar-refractivity contribution in [3.63, 3.8) is 0 Å². The largest absolute Gasteiger partial charge is 0.468 e. The van der Waals surface area contributed by atoms with E-state index in [0.717, 1.165) is 12.0 Å². The number of methoxy groups -OCH3 is 1. The van der Waals surface area contributed by atoms with E-state index in [1.165, 1.54) is 7.11 Å². The molecule has 2 rings (SSSR count). The Labute approximate surface area is 118 Å². The summed E-state index contributed by atoms with van der Waals surface area (Å²) in [5, 5.41) is 2.67. The van der Waals surface area contributed by atoms with Crippen LogP contribution in [0.25, 0.3) is 0 Å². The third kappa shape index (κ3) is 2.99. The van der Waals surface area contributed by atoms with Crippen LogP contribution in [0.15, 0.2) is 30.3 Å². The number of rotatable bonds is 4. The Morgan fingerprint density at radius 2 is 2.05 bits per heavy atom. The summed E-state index contributed by atoms with van der Waals surface area (Å²) in [5.41, 5.74) is 0.900. The van der Waals surface area contributed by atoms with E-state index >= 15 is 0 Å². The van der Waals surface area contributed by atoms with Crippen LogP contribution in [0.4, 0.5) is 0 Å². The van der Waals surface area contributed by atoms with Gasteiger partial charge in [0.2, 0.25) is 5.91 Å². The molecule has 1 unspecified atom stereocenters. The molecule has 1 amide bonds. The lowest BCUT2D eigenvalue weighted by atomic mass is 10.1. The van der Waals surface area contributed by atoms with Crippen molar-refractivity contribution in [2.24, 2.45) is 5.92 Å². The topological polar surface area (TPSA) is 58.6 Å². The zero-order valence-electron chi connectivity index (χ0n) is 11.8. The van der Waals surface area contributed by atoms with Crippen molar-refractivity contribution in [2.45, 2.75) is 12.5 Å². The monoisotopic (exact) mass is 276 g/mol. The lowest BCUT2D eigenvalue weighted by molar-refractivity contribution is -0.147. The van der Waals surface area contributed by atoms with Gasteiger partial charge in [-0.3, -0.25) is 9.69 Å². The molecule has 0 aromatic heterocycles. The van der Waals surface area contributed by atoms with E-state index in [-0.39, 0.29) is 17.8 Å². The molecule has 0 saturated carbocycles. The van der Waals surface area contributed by atoms with Crippen molar-refractivity contribution in [3.8, 4) is 0 Å². The van der Waals surface area contributed by atoms with Crippen LogP contribution in [0.1, 0.15) is 18.0 Å². The molecule has 1 heterocycles. The summed E-state index contributed by atoms with van der Waals surface area (Å²) in [6.07, 6.45) is 0.764. The molecule has 2 atom stereocenters. The molecule has 1 aromatic rings. The summed E-state index contributed by atoms with van der Waals surface area (Å²) >= 11 is 0. The van der Waals surface area contributed by atoms with E-state index < -0.39 is 6.04 Å². The van der Waals surface area contributed by atoms with Gasteiger partial charge in [0.1, 0.15) is 6.04 Å². The lowest BCUT2D eigenvalue weighted by Gasteiger charge is -2.25. The van der Waals surface area contributed by atoms with Gasteiger partial charge in [-0.15, -0.1) is 0 Å². The first-order valence-electron chi connectivity index (χ1n) is 6.75. The highest BCUT2D eigenvalue weighted by atomic mass is 16.5. The van der Waals surface area contributed by atoms with Crippen LogP contribution in [0.5, 0.6) is 0 Å². The minimum Gasteiger partial charge on any atom is -0.468 e. The van der Waals surface area contributed by atoms with Gasteiger partial charge >= 0.3 is 5.97 Å². The molecule has 0 spiro atoms. The lowest BCUT2D eigenvalue weighted by Crippen LogP contribution is -2.35. The number of likely N-dealkylation sites (tertiary alicyclic amines) is 1. The first-order valence-corrected chi connectivity index (χ1v) is 6.75. The van der Waals surface area contributed by atoms with Crippen LogP contribution < -0.4 is 5.32 Å². The Balaban J connectivity index is 2.17. The number of carbonyl (C=O) groups is 2. The fraction of sp³-hybridized carbons (Fsp3) is 0.467. The number of hydrogen-bond acceptors (Lipinski definition) is 4. The molecular weight excluding hydrogens is 256 g/mol. The Bertz CT molecular complexity index is 475. The van der Waals surface area contributed by atoms with E-state index in [1.807, 2.05) is 35.2 Å². The van der Waals surface area contributed by atoms with Gasteiger partial charge < -0.3 is 10.1 Å². The second kappa shape index (κ2) is 6.52. The Morgan fingerprint density at radius 3 is 2.65 bits per heavy atom. The molecule has 0 aliphatic carbocycles. The molecule has 1 aliphatic rings. The average molecular weight is 276 g/mol. The number of ether oxygens (including phenoxy) is 1. The van der Waals surface area contributed by atoms with Crippen LogP contribution in [0.2, 0.25) is 0 Å². The summed E-state index contributed by atoms with van der Waals surface area (Å²) in [7, 11) is 3.03. The summed E-state index contributed by atoms with van der Waals surface area (Å²) < 4.78 is 4.92. The molecule has 1 aromatic carbocycles. The minimum absolute atomic E-state index is 0.0316. The van der Waals surface area contributed by atoms with E-state index in [1.54, 1.807) is 7.05 Å². The molecule has 5 heteroatoms. The SMILES string of the molecule is CNC(=O)C1CCN([C@@H](C(=O)OC)c2ccccc2)C1. The average Bonchev–Trinajstić information content (AvgIpc) is 2.97. The molecular formula is C15H20N2O3. The maximum absolute atomic E-state index is 12.1. The molecule has 1 N–H and O–H groups in total. The third-order valence-electron chi connectivity index (χ3n) is 3.74. The van der Waals surface area contributed by atoms with Crippen molar-refractivity contribution in [3.05, 3.63) is 35.9 Å². The van der Waals surface area contributed by atoms with Gasteiger partial charge in [0.05, 0.1) is 13.0 Å². The number of amides is 1. The number of hydrogen-bond donors (Lipinski definition) is 1. The van der Waals surface area contributed by atoms with Crippen LogP contribution in [0, 0.1) is 5.92 Å². The fourth-order valence-corrected chi connectivity index (χ4v) is 2.68. The number of carbonyl (C=O) groups excluding carboxylic acids is 2. The number of benzene rings is 1. The Morgan fingerprint density at radius 1 is 1.35 bits per heavy atom. The van der Waals surface area contributed by atoms with Crippen LogP contribution in [-0.4, -0.2) is 44.0 Å². The molecule has 1 saturated heterocycles. The molecule has 1 aliphatic heterocycles. The second-order valence-electron chi connectivity index (χ2n) is 4.93. The predicted molar refractivity (Wildman–Crippen MR) is 74.9 cm³/mol. The van der Waals surface area contributed by atoms with Gasteiger partial charge in [-0.05, 0) is 12.0 Å². The summed E-state index contributed by atoms with van der Waals surface area (Å²) in [6.45, 7) is 1.29. The maximum Gasteiger partial charge on any atom is 0.327 e. The second-order valence-corrected chi connectivity index (χ2v) is 4.93. The van der Waals surface area contributed by atoms with E-state index in [9.17, 15) is 9.59 Å². The van der Waals surface area contributed by atoms with Gasteiger partial charge in [-0.2, -0.15) is 0 Å². The summed E-state index contributed by atoms with van der Waals surface area (Å²) in [5.74, 6) is -0.311. The number of esters is 1. The zero-order valence-corrected chi connectivity index (χ0v) is 11.8. The highest BCUT2D eigenvalue weighted by Crippen LogP contribution is 2.28. The fourth-order valence-electron chi connectivity index (χ4n) is 2.68. The van der Waals surface area contributed by atoms with Crippen LogP contribution in [-0.2, 0) is 14.3 Å². The summed E-state index contributed by atoms with van der Waals surface area (Å²) in [4.78, 5) is 25.8. The van der Waals surface area contributed by atoms with Crippen LogP contribution in [0.3, 0.4) is 0 Å². The highest BCUT2D eigenvalue weighted by Gasteiger charge is 2.36. The van der Waals surface area contributed by atoms with Gasteiger partial charge in [0, 0.05) is 20.1 Å². The predicted octanol–water partition coefficient (Wildman–Crippen LogP) is 0.969. The zero-order chi connectivity index (χ0) is 14.5. The molecule has 0 radical (unpaired) electrons. The first-order chi connectivity index (χ1) is 9.67. The molecule has 0 bridgehead atoms. The highest BCUT2D eigenvalue weighted by molar-refractivity contribution is 5.80.